The highest BCUT2D eigenvalue weighted by Crippen LogP contribution is 2.36. The molecule has 5 rings (SSSR count). The smallest absolute Gasteiger partial charge is 0.256 e. The van der Waals surface area contributed by atoms with Crippen LogP contribution in [0.15, 0.2) is 72.8 Å². The van der Waals surface area contributed by atoms with Crippen molar-refractivity contribution >= 4 is 23.5 Å². The van der Waals surface area contributed by atoms with Gasteiger partial charge in [0.2, 0.25) is 0 Å². The Morgan fingerprint density at radius 1 is 1.09 bits per heavy atom. The van der Waals surface area contributed by atoms with E-state index in [4.69, 9.17) is 4.74 Å². The molecule has 2 aromatic rings. The number of benzene rings is 2. The van der Waals surface area contributed by atoms with Crippen molar-refractivity contribution < 1.29 is 9.53 Å². The van der Waals surface area contributed by atoms with Crippen LogP contribution in [-0.2, 0) is 6.42 Å². The molecule has 0 N–H and O–H groups in total. The second-order valence-electron chi connectivity index (χ2n) is 12.5. The van der Waals surface area contributed by atoms with Crippen molar-refractivity contribution in [2.45, 2.75) is 93.7 Å². The molecular weight excluding hydrogens is 578 g/mol. The van der Waals surface area contributed by atoms with Crippen molar-refractivity contribution in [1.29, 1.82) is 0 Å². The number of rotatable bonds is 9. The number of aliphatic imine (C=N–C) groups is 1. The summed E-state index contributed by atoms with van der Waals surface area (Å²) in [5.74, 6) is 3.44. The van der Waals surface area contributed by atoms with E-state index in [1.807, 2.05) is 50.1 Å². The van der Waals surface area contributed by atoms with E-state index in [1.165, 1.54) is 27.8 Å². The summed E-state index contributed by atoms with van der Waals surface area (Å²) in [6, 6.07) is 8.73. The standard InChI is InChI=1S/C36H43N3O2.C3H4.C2H6.CH4/c1-9-30-12-23(3)19-38(30)28(8)32-15-25(5)29(14-26(32)6)11-10-22(2)21-41-35-17-34-33(16-27(35)7)36(40)39-20-24(4)13-31(39)18-37-34;1-3-2;1-2;/h9,14-18,22,30-31H,1,3-4,8,10-13,19-21H2,2,5-7H3;1H,2H3;1-2H3;1H4. The first-order chi connectivity index (χ1) is 22.0. The number of fused-ring (bicyclic) bond motifs is 2. The summed E-state index contributed by atoms with van der Waals surface area (Å²) in [5.41, 5.74) is 10.8. The first-order valence-corrected chi connectivity index (χ1v) is 16.5. The maximum atomic E-state index is 13.2. The molecule has 2 saturated heterocycles. The fourth-order valence-electron chi connectivity index (χ4n) is 6.28. The molecule has 3 atom stereocenters. The summed E-state index contributed by atoms with van der Waals surface area (Å²) in [7, 11) is 0. The third-order valence-electron chi connectivity index (χ3n) is 8.80. The highest BCUT2D eigenvalue weighted by molar-refractivity contribution is 6.03. The second kappa shape index (κ2) is 17.6. The monoisotopic (exact) mass is 635 g/mol. The molecule has 0 saturated carbocycles. The maximum Gasteiger partial charge on any atom is 0.256 e. The van der Waals surface area contributed by atoms with Gasteiger partial charge in [-0.05, 0) is 93.7 Å². The SMILES string of the molecule is C.C#CC.C=CC1CC(=C)CN1C(=C)c1cc(C)c(CCC(C)COc2cc3c(cc2C)C(=O)N2CC(=C)CC2C=N3)cc1C.CC. The molecule has 0 radical (unpaired) electrons. The van der Waals surface area contributed by atoms with Crippen molar-refractivity contribution in [3.63, 3.8) is 0 Å². The summed E-state index contributed by atoms with van der Waals surface area (Å²) in [4.78, 5) is 22.0. The molecule has 5 heteroatoms. The number of amides is 1. The summed E-state index contributed by atoms with van der Waals surface area (Å²) in [6.45, 7) is 33.0. The first kappa shape index (κ1) is 38.9. The van der Waals surface area contributed by atoms with Gasteiger partial charge in [0.1, 0.15) is 5.75 Å². The predicted octanol–water partition coefficient (Wildman–Crippen LogP) is 9.84. The van der Waals surface area contributed by atoms with E-state index >= 15 is 0 Å². The molecule has 252 valence electrons. The van der Waals surface area contributed by atoms with E-state index in [1.54, 1.807) is 6.92 Å². The van der Waals surface area contributed by atoms with Gasteiger partial charge in [-0.25, -0.2) is 0 Å². The van der Waals surface area contributed by atoms with Gasteiger partial charge >= 0.3 is 0 Å². The number of carbonyl (C=O) groups is 1. The first-order valence-electron chi connectivity index (χ1n) is 16.5. The second-order valence-corrected chi connectivity index (χ2v) is 12.5. The summed E-state index contributed by atoms with van der Waals surface area (Å²) in [6.07, 6.45) is 12.2. The Morgan fingerprint density at radius 3 is 2.40 bits per heavy atom. The van der Waals surface area contributed by atoms with Crippen LogP contribution in [0.1, 0.15) is 92.6 Å². The molecule has 0 aromatic heterocycles. The quantitative estimate of drug-likeness (QED) is 0.204. The highest BCUT2D eigenvalue weighted by atomic mass is 16.5. The van der Waals surface area contributed by atoms with Gasteiger partial charge in [-0.2, -0.15) is 0 Å². The molecule has 5 nitrogen and oxygen atoms in total. The molecule has 1 amide bonds. The third-order valence-corrected chi connectivity index (χ3v) is 8.80. The van der Waals surface area contributed by atoms with E-state index in [9.17, 15) is 4.79 Å². The summed E-state index contributed by atoms with van der Waals surface area (Å²) in [5, 5.41) is 0. The van der Waals surface area contributed by atoms with E-state index in [-0.39, 0.29) is 25.4 Å². The molecule has 3 unspecified atom stereocenters. The van der Waals surface area contributed by atoms with Crippen molar-refractivity contribution in [3.05, 3.63) is 101 Å². The number of carbonyl (C=O) groups excluding carboxylic acids is 1. The van der Waals surface area contributed by atoms with Crippen LogP contribution < -0.4 is 4.74 Å². The Morgan fingerprint density at radius 2 is 1.74 bits per heavy atom. The lowest BCUT2D eigenvalue weighted by molar-refractivity contribution is 0.0778. The Bertz CT molecular complexity index is 1560. The number of likely N-dealkylation sites (tertiary alicyclic amines) is 1. The number of hydrogen-bond donors (Lipinski definition) is 0. The molecule has 0 bridgehead atoms. The number of nitrogens with zero attached hydrogens (tertiary/aromatic N) is 3. The number of ether oxygens (including phenoxy) is 1. The molecule has 3 aliphatic rings. The van der Waals surface area contributed by atoms with Crippen LogP contribution in [0.2, 0.25) is 0 Å². The van der Waals surface area contributed by atoms with Gasteiger partial charge in [0.15, 0.2) is 0 Å². The van der Waals surface area contributed by atoms with E-state index in [0.717, 1.165) is 54.8 Å². The van der Waals surface area contributed by atoms with Crippen molar-refractivity contribution in [3.8, 4) is 18.1 Å². The lowest BCUT2D eigenvalue weighted by Crippen LogP contribution is -2.35. The van der Waals surface area contributed by atoms with Crippen LogP contribution in [0.3, 0.4) is 0 Å². The molecule has 0 aliphatic carbocycles. The molecule has 2 aromatic carbocycles. The van der Waals surface area contributed by atoms with E-state index in [0.29, 0.717) is 30.3 Å². The van der Waals surface area contributed by atoms with Gasteiger partial charge < -0.3 is 14.5 Å². The zero-order chi connectivity index (χ0) is 34.1. The van der Waals surface area contributed by atoms with Gasteiger partial charge in [0.05, 0.1) is 29.9 Å². The fourth-order valence-corrected chi connectivity index (χ4v) is 6.28. The maximum absolute atomic E-state index is 13.2. The van der Waals surface area contributed by atoms with Gasteiger partial charge in [0, 0.05) is 36.6 Å². The normalized spacial score (nSPS) is 18.3. The minimum atomic E-state index is -0.00407. The Kier molecular flexibility index (Phi) is 14.5. The lowest BCUT2D eigenvalue weighted by atomic mass is 9.93. The van der Waals surface area contributed by atoms with Crippen LogP contribution in [0.4, 0.5) is 5.69 Å². The third kappa shape index (κ3) is 9.16. The molecular formula is C42H57N3O2. The average molecular weight is 636 g/mol. The lowest BCUT2D eigenvalue weighted by Gasteiger charge is -2.28. The minimum Gasteiger partial charge on any atom is -0.493 e. The zero-order valence-electron chi connectivity index (χ0n) is 29.2. The van der Waals surface area contributed by atoms with Crippen LogP contribution in [-0.4, -0.2) is 53.7 Å². The van der Waals surface area contributed by atoms with Crippen molar-refractivity contribution in [2.24, 2.45) is 10.9 Å². The molecule has 0 spiro atoms. The molecule has 2 fully saturated rings. The zero-order valence-corrected chi connectivity index (χ0v) is 29.2. The van der Waals surface area contributed by atoms with E-state index in [2.05, 4.69) is 81.5 Å². The van der Waals surface area contributed by atoms with Crippen molar-refractivity contribution in [1.82, 2.24) is 9.80 Å². The van der Waals surface area contributed by atoms with Crippen LogP contribution >= 0.6 is 0 Å². The number of aryl methyl sites for hydroxylation is 4. The Labute approximate surface area is 285 Å². The average Bonchev–Trinajstić information content (AvgIpc) is 3.58. The van der Waals surface area contributed by atoms with E-state index < -0.39 is 0 Å². The minimum absolute atomic E-state index is 0. The molecule has 3 aliphatic heterocycles. The molecule has 3 heterocycles. The Balaban J connectivity index is 0.00000121. The van der Waals surface area contributed by atoms with Gasteiger partial charge in [-0.1, -0.05) is 71.2 Å². The van der Waals surface area contributed by atoms with Gasteiger partial charge in [0.25, 0.3) is 5.91 Å². The fraction of sp³-hybridized carbons (Fsp3) is 0.429. The largest absolute Gasteiger partial charge is 0.493 e. The number of hydrogen-bond acceptors (Lipinski definition) is 4. The van der Waals surface area contributed by atoms with Crippen LogP contribution in [0.25, 0.3) is 5.70 Å². The summed E-state index contributed by atoms with van der Waals surface area (Å²) >= 11 is 0. The Hall–Kier alpha value is -4.30. The van der Waals surface area contributed by atoms with Crippen molar-refractivity contribution in [2.75, 3.05) is 19.7 Å². The summed E-state index contributed by atoms with van der Waals surface area (Å²) < 4.78 is 6.29. The van der Waals surface area contributed by atoms with Gasteiger partial charge in [-0.15, -0.1) is 18.9 Å². The van der Waals surface area contributed by atoms with Crippen LogP contribution in [0, 0.1) is 39.0 Å². The van der Waals surface area contributed by atoms with Gasteiger partial charge in [-0.3, -0.25) is 9.79 Å². The van der Waals surface area contributed by atoms with Crippen LogP contribution in [0.5, 0.6) is 5.75 Å². The topological polar surface area (TPSA) is 45.1 Å². The molecule has 47 heavy (non-hydrogen) atoms. The predicted molar refractivity (Wildman–Crippen MR) is 203 cm³/mol. The number of terminal acetylenes is 1. The highest BCUT2D eigenvalue weighted by Gasteiger charge is 2.34.